The van der Waals surface area contributed by atoms with Crippen molar-refractivity contribution < 1.29 is 0 Å². The van der Waals surface area contributed by atoms with E-state index in [1.54, 1.807) is 0 Å². The summed E-state index contributed by atoms with van der Waals surface area (Å²) in [5.41, 5.74) is 0.486. The Morgan fingerprint density at radius 1 is 1.30 bits per heavy atom. The molecular formula is C17H25N3. The maximum atomic E-state index is 9.84. The quantitative estimate of drug-likeness (QED) is 0.790. The van der Waals surface area contributed by atoms with Gasteiger partial charge in [0.15, 0.2) is 0 Å². The number of benzene rings is 1. The van der Waals surface area contributed by atoms with Gasteiger partial charge in [-0.25, -0.2) is 0 Å². The summed E-state index contributed by atoms with van der Waals surface area (Å²) >= 11 is 0. The van der Waals surface area contributed by atoms with Crippen molar-refractivity contribution in [3.63, 3.8) is 0 Å². The standard InChI is InChI=1S/C17H25N3/c1-3-12-20(16-10-11-16)14-17(13-18,19-4-2)15-8-6-5-7-9-15/h5-9,16,19H,3-4,10-12,14H2,1-2H3. The van der Waals surface area contributed by atoms with Gasteiger partial charge in [0.1, 0.15) is 5.54 Å². The largest absolute Gasteiger partial charge is 0.297 e. The highest BCUT2D eigenvalue weighted by molar-refractivity contribution is 5.32. The predicted octanol–water partition coefficient (Wildman–Crippen LogP) is 2.89. The highest BCUT2D eigenvalue weighted by Gasteiger charge is 2.38. The Balaban J connectivity index is 2.24. The molecule has 2 rings (SSSR count). The first-order chi connectivity index (χ1) is 9.75. The normalized spacial score (nSPS) is 17.7. The molecule has 20 heavy (non-hydrogen) atoms. The molecular weight excluding hydrogens is 246 g/mol. The summed E-state index contributed by atoms with van der Waals surface area (Å²) in [5.74, 6) is 0. The summed E-state index contributed by atoms with van der Waals surface area (Å²) in [5, 5.41) is 13.3. The molecule has 0 amide bonds. The van der Waals surface area contributed by atoms with Crippen molar-refractivity contribution in [2.45, 2.75) is 44.7 Å². The van der Waals surface area contributed by atoms with Gasteiger partial charge in [0.05, 0.1) is 6.07 Å². The van der Waals surface area contributed by atoms with E-state index in [-0.39, 0.29) is 0 Å². The summed E-state index contributed by atoms with van der Waals surface area (Å²) in [7, 11) is 0. The summed E-state index contributed by atoms with van der Waals surface area (Å²) in [6, 6.07) is 13.4. The van der Waals surface area contributed by atoms with Gasteiger partial charge in [-0.05, 0) is 37.9 Å². The molecule has 1 aliphatic carbocycles. The molecule has 0 radical (unpaired) electrons. The Hall–Kier alpha value is -1.37. The third-order valence-electron chi connectivity index (χ3n) is 3.95. The zero-order valence-electron chi connectivity index (χ0n) is 12.6. The molecule has 1 aromatic rings. The lowest BCUT2D eigenvalue weighted by Gasteiger charge is -2.34. The Kier molecular flexibility index (Phi) is 5.17. The van der Waals surface area contributed by atoms with Gasteiger partial charge in [-0.3, -0.25) is 10.2 Å². The first-order valence-electron chi connectivity index (χ1n) is 7.71. The zero-order valence-corrected chi connectivity index (χ0v) is 12.6. The lowest BCUT2D eigenvalue weighted by Crippen LogP contribution is -2.51. The molecule has 0 aliphatic heterocycles. The first-order valence-corrected chi connectivity index (χ1v) is 7.71. The summed E-state index contributed by atoms with van der Waals surface area (Å²) < 4.78 is 0. The second-order valence-corrected chi connectivity index (χ2v) is 5.62. The number of hydrogen-bond acceptors (Lipinski definition) is 3. The number of hydrogen-bond donors (Lipinski definition) is 1. The van der Waals surface area contributed by atoms with Crippen molar-refractivity contribution in [3.8, 4) is 6.07 Å². The lowest BCUT2D eigenvalue weighted by atomic mass is 9.90. The maximum Gasteiger partial charge on any atom is 0.145 e. The van der Waals surface area contributed by atoms with Crippen molar-refractivity contribution in [1.82, 2.24) is 10.2 Å². The molecule has 1 atom stereocenters. The van der Waals surface area contributed by atoms with E-state index in [0.29, 0.717) is 6.04 Å². The van der Waals surface area contributed by atoms with Crippen LogP contribution in [0.25, 0.3) is 0 Å². The van der Waals surface area contributed by atoms with Crippen LogP contribution in [0.5, 0.6) is 0 Å². The highest BCUT2D eigenvalue weighted by atomic mass is 15.2. The van der Waals surface area contributed by atoms with Crippen LogP contribution in [-0.4, -0.2) is 30.6 Å². The number of nitrogens with zero attached hydrogens (tertiary/aromatic N) is 2. The molecule has 3 nitrogen and oxygen atoms in total. The fourth-order valence-electron chi connectivity index (χ4n) is 2.84. The second-order valence-electron chi connectivity index (χ2n) is 5.62. The molecule has 1 aromatic carbocycles. The Bertz CT molecular complexity index is 447. The third kappa shape index (κ3) is 3.39. The molecule has 0 spiro atoms. The van der Waals surface area contributed by atoms with Gasteiger partial charge in [-0.2, -0.15) is 5.26 Å². The van der Waals surface area contributed by atoms with Crippen molar-refractivity contribution in [2.75, 3.05) is 19.6 Å². The molecule has 1 N–H and O–H groups in total. The lowest BCUT2D eigenvalue weighted by molar-refractivity contribution is 0.204. The molecule has 1 aliphatic rings. The monoisotopic (exact) mass is 271 g/mol. The van der Waals surface area contributed by atoms with Crippen molar-refractivity contribution >= 4 is 0 Å². The molecule has 108 valence electrons. The minimum Gasteiger partial charge on any atom is -0.297 e. The zero-order chi connectivity index (χ0) is 14.4. The van der Waals surface area contributed by atoms with Crippen LogP contribution in [0.3, 0.4) is 0 Å². The molecule has 0 saturated heterocycles. The first kappa shape index (κ1) is 15.0. The van der Waals surface area contributed by atoms with Crippen LogP contribution < -0.4 is 5.32 Å². The SMILES string of the molecule is CCCN(CC(C#N)(NCC)c1ccccc1)C1CC1. The molecule has 1 unspecified atom stereocenters. The van der Waals surface area contributed by atoms with Gasteiger partial charge in [0.2, 0.25) is 0 Å². The van der Waals surface area contributed by atoms with Gasteiger partial charge >= 0.3 is 0 Å². The van der Waals surface area contributed by atoms with Crippen LogP contribution in [0.2, 0.25) is 0 Å². The van der Waals surface area contributed by atoms with Crippen LogP contribution >= 0.6 is 0 Å². The number of rotatable bonds is 8. The molecule has 3 heteroatoms. The average Bonchev–Trinajstić information content (AvgIpc) is 3.31. The molecule has 0 aromatic heterocycles. The summed E-state index contributed by atoms with van der Waals surface area (Å²) in [6.45, 7) is 6.93. The third-order valence-corrected chi connectivity index (χ3v) is 3.95. The number of nitrogens with one attached hydrogen (secondary N) is 1. The predicted molar refractivity (Wildman–Crippen MR) is 82.3 cm³/mol. The molecule has 0 bridgehead atoms. The van der Waals surface area contributed by atoms with E-state index in [9.17, 15) is 5.26 Å². The maximum absolute atomic E-state index is 9.84. The Labute approximate surface area is 122 Å². The van der Waals surface area contributed by atoms with Crippen LogP contribution in [0.1, 0.15) is 38.7 Å². The Morgan fingerprint density at radius 2 is 2.00 bits per heavy atom. The highest BCUT2D eigenvalue weighted by Crippen LogP contribution is 2.31. The van der Waals surface area contributed by atoms with E-state index >= 15 is 0 Å². The van der Waals surface area contributed by atoms with Crippen molar-refractivity contribution in [2.24, 2.45) is 0 Å². The van der Waals surface area contributed by atoms with E-state index in [4.69, 9.17) is 0 Å². The van der Waals surface area contributed by atoms with Gasteiger partial charge in [-0.1, -0.05) is 44.2 Å². The van der Waals surface area contributed by atoms with Crippen LogP contribution in [-0.2, 0) is 5.54 Å². The number of likely N-dealkylation sites (N-methyl/N-ethyl adjacent to an activating group) is 1. The molecule has 0 heterocycles. The second kappa shape index (κ2) is 6.88. The van der Waals surface area contributed by atoms with E-state index < -0.39 is 5.54 Å². The average molecular weight is 271 g/mol. The van der Waals surface area contributed by atoms with Crippen LogP contribution in [0.4, 0.5) is 0 Å². The Morgan fingerprint density at radius 3 is 2.50 bits per heavy atom. The van der Waals surface area contributed by atoms with Gasteiger partial charge in [-0.15, -0.1) is 0 Å². The van der Waals surface area contributed by atoms with Crippen molar-refractivity contribution in [3.05, 3.63) is 35.9 Å². The van der Waals surface area contributed by atoms with Gasteiger partial charge < -0.3 is 0 Å². The fraction of sp³-hybridized carbons (Fsp3) is 0.588. The van der Waals surface area contributed by atoms with E-state index in [2.05, 4.69) is 42.3 Å². The van der Waals surface area contributed by atoms with Gasteiger partial charge in [0, 0.05) is 12.6 Å². The van der Waals surface area contributed by atoms with Crippen molar-refractivity contribution in [1.29, 1.82) is 5.26 Å². The summed E-state index contributed by atoms with van der Waals surface area (Å²) in [4.78, 5) is 2.48. The smallest absolute Gasteiger partial charge is 0.145 e. The summed E-state index contributed by atoms with van der Waals surface area (Å²) in [6.07, 6.45) is 3.70. The minimum absolute atomic E-state index is 0.590. The number of nitriles is 1. The van der Waals surface area contributed by atoms with Crippen LogP contribution in [0, 0.1) is 11.3 Å². The minimum atomic E-state index is -0.590. The molecule has 1 fully saturated rings. The topological polar surface area (TPSA) is 39.1 Å². The van der Waals surface area contributed by atoms with E-state index in [1.807, 2.05) is 18.2 Å². The van der Waals surface area contributed by atoms with E-state index in [0.717, 1.165) is 31.6 Å². The van der Waals surface area contributed by atoms with E-state index in [1.165, 1.54) is 12.8 Å². The van der Waals surface area contributed by atoms with Crippen LogP contribution in [0.15, 0.2) is 30.3 Å². The van der Waals surface area contributed by atoms with Gasteiger partial charge in [0.25, 0.3) is 0 Å². The fourth-order valence-corrected chi connectivity index (χ4v) is 2.84. The molecule has 1 saturated carbocycles.